The molecule has 1 saturated carbocycles. The normalized spacial score (nSPS) is 41.2. The fraction of sp³-hybridized carbons (Fsp3) is 0.800. The molecule has 0 aromatic rings. The molecule has 0 radical (unpaired) electrons. The minimum Gasteiger partial charge on any atom is -0.410 e. The summed E-state index contributed by atoms with van der Waals surface area (Å²) in [5.74, 6) is 0. The molecule has 1 saturated heterocycles. The van der Waals surface area contributed by atoms with Crippen molar-refractivity contribution in [3.63, 3.8) is 0 Å². The Kier molecular flexibility index (Phi) is 5.76. The first kappa shape index (κ1) is 16.2. The molecule has 0 bridgehead atoms. The molecule has 2 rings (SSSR count). The van der Waals surface area contributed by atoms with Gasteiger partial charge in [-0.2, -0.15) is 6.42 Å². The van der Waals surface area contributed by atoms with E-state index in [0.29, 0.717) is 6.61 Å². The molecule has 2 fully saturated rings. The van der Waals surface area contributed by atoms with Gasteiger partial charge in [-0.1, -0.05) is 13.5 Å². The second kappa shape index (κ2) is 6.05. The molecule has 3 N–H and O–H groups in total. The maximum atomic E-state index is 11.5. The molecule has 0 amide bonds. The van der Waals surface area contributed by atoms with Crippen LogP contribution in [-0.2, 0) is 9.30 Å². The van der Waals surface area contributed by atoms with E-state index in [-0.39, 0.29) is 48.8 Å². The van der Waals surface area contributed by atoms with E-state index in [9.17, 15) is 9.46 Å². The van der Waals surface area contributed by atoms with Crippen molar-refractivity contribution in [1.82, 2.24) is 10.2 Å². The Balaban J connectivity index is 0.00000144. The Bertz CT molecular complexity index is 312. The van der Waals surface area contributed by atoms with E-state index in [1.54, 1.807) is 0 Å². The van der Waals surface area contributed by atoms with E-state index in [2.05, 4.69) is 17.1 Å². The zero-order valence-corrected chi connectivity index (χ0v) is 15.2. The smallest absolute Gasteiger partial charge is 0.410 e. The molecule has 1 spiro atoms. The number of rotatable bonds is 5. The number of nitrogens with one attached hydrogen (secondary N) is 2. The fourth-order valence-corrected chi connectivity index (χ4v) is 3.50. The average Bonchev–Trinajstić information content (AvgIpc) is 2.90. The zero-order valence-electron chi connectivity index (χ0n) is 10.1. The SMILES string of the molecule is CCC(C)OC[CH-]C1NP(=O)(O)NC12[CH-]C2.[U+2]. The quantitative estimate of drug-likeness (QED) is 0.402. The molecule has 0 aromatic carbocycles. The van der Waals surface area contributed by atoms with Gasteiger partial charge in [0, 0.05) is 0 Å². The molecule has 96 valence electrons. The summed E-state index contributed by atoms with van der Waals surface area (Å²) in [6, 6.07) is -0.104. The first-order valence-electron chi connectivity index (χ1n) is 5.67. The van der Waals surface area contributed by atoms with Crippen molar-refractivity contribution < 1.29 is 45.3 Å². The van der Waals surface area contributed by atoms with Crippen molar-refractivity contribution in [3.8, 4) is 0 Å². The Hall–Kier alpha value is 1.12. The van der Waals surface area contributed by atoms with Gasteiger partial charge in [0.05, 0.1) is 6.10 Å². The summed E-state index contributed by atoms with van der Waals surface area (Å²) in [7, 11) is -3.35. The number of ether oxygens (including phenoxy) is 1. The molecule has 4 unspecified atom stereocenters. The van der Waals surface area contributed by atoms with Crippen LogP contribution >= 0.6 is 7.67 Å². The Morgan fingerprint density at radius 1 is 1.76 bits per heavy atom. The molecule has 4 atom stereocenters. The van der Waals surface area contributed by atoms with Crippen LogP contribution < -0.4 is 10.2 Å². The van der Waals surface area contributed by atoms with Crippen LogP contribution in [0.1, 0.15) is 26.7 Å². The van der Waals surface area contributed by atoms with Gasteiger partial charge in [-0.15, -0.1) is 11.6 Å². The van der Waals surface area contributed by atoms with Gasteiger partial charge in [-0.25, -0.2) is 0 Å². The summed E-state index contributed by atoms with van der Waals surface area (Å²) in [4.78, 5) is 9.45. The standard InChI is InChI=1S/C10H19N2O3P.U/c1-3-8(2)15-7-4-9-10(5-6-10)12-16(13,14)11-9;/h4-5,8-9H,3,6-7H2,1-2H3,(H3,11,12,13,14);/q-2;+2. The monoisotopic (exact) mass is 484 g/mol. The largest absolute Gasteiger partial charge is 2.00 e. The van der Waals surface area contributed by atoms with Crippen LogP contribution in [0.3, 0.4) is 0 Å². The van der Waals surface area contributed by atoms with Crippen LogP contribution in [0.25, 0.3) is 0 Å². The van der Waals surface area contributed by atoms with Gasteiger partial charge >= 0.3 is 38.8 Å². The Morgan fingerprint density at radius 3 is 2.94 bits per heavy atom. The van der Waals surface area contributed by atoms with Crippen molar-refractivity contribution in [2.75, 3.05) is 6.61 Å². The van der Waals surface area contributed by atoms with E-state index in [1.807, 2.05) is 19.8 Å². The summed E-state index contributed by atoms with van der Waals surface area (Å²) >= 11 is 0. The van der Waals surface area contributed by atoms with E-state index in [1.165, 1.54) is 0 Å². The molecule has 5 nitrogen and oxygen atoms in total. The van der Waals surface area contributed by atoms with Crippen molar-refractivity contribution >= 4 is 7.67 Å². The third-order valence-corrected chi connectivity index (χ3v) is 4.51. The minimum atomic E-state index is -3.35. The molecule has 1 heterocycles. The van der Waals surface area contributed by atoms with Crippen LogP contribution in [0.5, 0.6) is 0 Å². The molecule has 2 aliphatic rings. The summed E-state index contributed by atoms with van der Waals surface area (Å²) in [6.45, 7) is 4.59. The maximum Gasteiger partial charge on any atom is 2.00 e. The summed E-state index contributed by atoms with van der Waals surface area (Å²) in [5.41, 5.74) is -0.302. The van der Waals surface area contributed by atoms with Crippen molar-refractivity contribution in [1.29, 1.82) is 0 Å². The topological polar surface area (TPSA) is 70.6 Å². The van der Waals surface area contributed by atoms with Crippen molar-refractivity contribution in [3.05, 3.63) is 12.8 Å². The molecule has 1 aliphatic carbocycles. The minimum absolute atomic E-state index is 0. The van der Waals surface area contributed by atoms with Gasteiger partial charge in [0.15, 0.2) is 0 Å². The van der Waals surface area contributed by atoms with Crippen molar-refractivity contribution in [2.24, 2.45) is 0 Å². The van der Waals surface area contributed by atoms with Gasteiger partial charge in [0.1, 0.15) is 0 Å². The average molecular weight is 484 g/mol. The third kappa shape index (κ3) is 4.04. The van der Waals surface area contributed by atoms with Gasteiger partial charge in [-0.05, 0) is 13.3 Å². The fourth-order valence-electron chi connectivity index (χ4n) is 1.84. The van der Waals surface area contributed by atoms with E-state index in [4.69, 9.17) is 4.74 Å². The third-order valence-electron chi connectivity index (χ3n) is 3.16. The van der Waals surface area contributed by atoms with Gasteiger partial charge in [-0.3, -0.25) is 21.2 Å². The van der Waals surface area contributed by atoms with Crippen LogP contribution in [0.15, 0.2) is 0 Å². The van der Waals surface area contributed by atoms with E-state index in [0.717, 1.165) is 12.8 Å². The molecular formula is C10H19N2O3PU. The maximum absolute atomic E-state index is 11.5. The molecule has 7 heteroatoms. The van der Waals surface area contributed by atoms with Crippen LogP contribution in [0.4, 0.5) is 0 Å². The van der Waals surface area contributed by atoms with Gasteiger partial charge in [0.2, 0.25) is 0 Å². The van der Waals surface area contributed by atoms with Gasteiger partial charge in [0.25, 0.3) is 0 Å². The van der Waals surface area contributed by atoms with Crippen LogP contribution in [0, 0.1) is 44.0 Å². The van der Waals surface area contributed by atoms with Crippen LogP contribution in [-0.4, -0.2) is 29.2 Å². The molecule has 1 aliphatic heterocycles. The number of hydrogen-bond acceptors (Lipinski definition) is 2. The summed E-state index contributed by atoms with van der Waals surface area (Å²) in [6.07, 6.45) is 5.97. The Labute approximate surface area is 126 Å². The zero-order chi connectivity index (χ0) is 11.8. The van der Waals surface area contributed by atoms with E-state index >= 15 is 0 Å². The predicted molar refractivity (Wildman–Crippen MR) is 61.5 cm³/mol. The van der Waals surface area contributed by atoms with Crippen molar-refractivity contribution in [2.45, 2.75) is 44.4 Å². The predicted octanol–water partition coefficient (Wildman–Crippen LogP) is 1.01. The second-order valence-corrected chi connectivity index (χ2v) is 6.16. The summed E-state index contributed by atoms with van der Waals surface area (Å²) in [5, 5.41) is 5.45. The summed E-state index contributed by atoms with van der Waals surface area (Å²) < 4.78 is 17.0. The molecule has 17 heavy (non-hydrogen) atoms. The van der Waals surface area contributed by atoms with Gasteiger partial charge < -0.3 is 16.1 Å². The van der Waals surface area contributed by atoms with Crippen LogP contribution in [0.2, 0.25) is 0 Å². The number of hydrogen-bond donors (Lipinski definition) is 3. The first-order valence-corrected chi connectivity index (χ1v) is 7.33. The second-order valence-electron chi connectivity index (χ2n) is 4.53. The van der Waals surface area contributed by atoms with E-state index < -0.39 is 7.67 Å². The first-order chi connectivity index (χ1) is 7.47. The Morgan fingerprint density at radius 2 is 2.41 bits per heavy atom. The molecule has 0 aromatic heterocycles. The molecular weight excluding hydrogens is 465 g/mol.